The highest BCUT2D eigenvalue weighted by Gasteiger charge is 2.23. The maximum absolute atomic E-state index is 5.74. The van der Waals surface area contributed by atoms with E-state index in [2.05, 4.69) is 11.8 Å². The predicted molar refractivity (Wildman–Crippen MR) is 77.9 cm³/mol. The number of rotatable bonds is 9. The Labute approximate surface area is 116 Å². The van der Waals surface area contributed by atoms with Gasteiger partial charge in [-0.2, -0.15) is 0 Å². The summed E-state index contributed by atoms with van der Waals surface area (Å²) in [6.07, 6.45) is 3.95. The molecule has 1 fully saturated rings. The molecular formula is C16H25NO2. The fourth-order valence-corrected chi connectivity index (χ4v) is 2.19. The van der Waals surface area contributed by atoms with E-state index < -0.39 is 0 Å². The number of methoxy groups -OCH3 is 1. The Morgan fingerprint density at radius 2 is 1.84 bits per heavy atom. The number of nitrogens with zero attached hydrogens (tertiary/aromatic N) is 1. The van der Waals surface area contributed by atoms with Gasteiger partial charge in [0.2, 0.25) is 0 Å². The minimum Gasteiger partial charge on any atom is -0.497 e. The monoisotopic (exact) mass is 263 g/mol. The van der Waals surface area contributed by atoms with Crippen LogP contribution in [0, 0.1) is 5.92 Å². The Bertz CT molecular complexity index is 360. The lowest BCUT2D eigenvalue weighted by Crippen LogP contribution is -2.27. The van der Waals surface area contributed by atoms with E-state index in [1.807, 2.05) is 24.3 Å². The summed E-state index contributed by atoms with van der Waals surface area (Å²) in [7, 11) is 1.68. The Morgan fingerprint density at radius 1 is 1.16 bits per heavy atom. The molecule has 3 heteroatoms. The molecule has 0 bridgehead atoms. The minimum atomic E-state index is 0.785. The van der Waals surface area contributed by atoms with Crippen molar-refractivity contribution < 1.29 is 9.47 Å². The van der Waals surface area contributed by atoms with Gasteiger partial charge in [0.15, 0.2) is 0 Å². The van der Waals surface area contributed by atoms with Gasteiger partial charge in [-0.15, -0.1) is 0 Å². The fourth-order valence-electron chi connectivity index (χ4n) is 2.19. The van der Waals surface area contributed by atoms with Crippen LogP contribution in [0.3, 0.4) is 0 Å². The molecule has 3 nitrogen and oxygen atoms in total. The third-order valence-electron chi connectivity index (χ3n) is 3.61. The number of hydrogen-bond acceptors (Lipinski definition) is 3. The lowest BCUT2D eigenvalue weighted by molar-refractivity contribution is 0.235. The van der Waals surface area contributed by atoms with E-state index in [-0.39, 0.29) is 0 Å². The summed E-state index contributed by atoms with van der Waals surface area (Å²) < 4.78 is 10.9. The maximum Gasteiger partial charge on any atom is 0.119 e. The van der Waals surface area contributed by atoms with Crippen molar-refractivity contribution in [2.24, 2.45) is 5.92 Å². The van der Waals surface area contributed by atoms with Crippen LogP contribution in [0.4, 0.5) is 0 Å². The van der Waals surface area contributed by atoms with Crippen LogP contribution in [-0.2, 0) is 0 Å². The highest BCUT2D eigenvalue weighted by molar-refractivity contribution is 5.31. The first kappa shape index (κ1) is 14.2. The molecule has 0 atom stereocenters. The van der Waals surface area contributed by atoms with Crippen LogP contribution in [0.25, 0.3) is 0 Å². The second kappa shape index (κ2) is 7.39. The molecule has 0 aromatic heterocycles. The van der Waals surface area contributed by atoms with Gasteiger partial charge >= 0.3 is 0 Å². The lowest BCUT2D eigenvalue weighted by atomic mass is 10.3. The highest BCUT2D eigenvalue weighted by Crippen LogP contribution is 2.29. The van der Waals surface area contributed by atoms with Crippen molar-refractivity contribution in [3.63, 3.8) is 0 Å². The van der Waals surface area contributed by atoms with Crippen molar-refractivity contribution >= 4 is 0 Å². The zero-order valence-corrected chi connectivity index (χ0v) is 12.1. The topological polar surface area (TPSA) is 21.7 Å². The van der Waals surface area contributed by atoms with Crippen molar-refractivity contribution in [2.75, 3.05) is 33.4 Å². The molecule has 0 unspecified atom stereocenters. The largest absolute Gasteiger partial charge is 0.497 e. The van der Waals surface area contributed by atoms with Crippen LogP contribution in [0.15, 0.2) is 24.3 Å². The SMILES string of the molecule is CCN(CCCOc1ccc(OC)cc1)CC1CC1. The molecule has 0 heterocycles. The van der Waals surface area contributed by atoms with Gasteiger partial charge in [0.05, 0.1) is 13.7 Å². The molecular weight excluding hydrogens is 238 g/mol. The quantitative estimate of drug-likeness (QED) is 0.639. The van der Waals surface area contributed by atoms with Crippen LogP contribution >= 0.6 is 0 Å². The van der Waals surface area contributed by atoms with Crippen LogP contribution in [0.1, 0.15) is 26.2 Å². The lowest BCUT2D eigenvalue weighted by Gasteiger charge is -2.20. The zero-order valence-electron chi connectivity index (χ0n) is 12.1. The van der Waals surface area contributed by atoms with Gasteiger partial charge in [-0.3, -0.25) is 0 Å². The van der Waals surface area contributed by atoms with E-state index in [9.17, 15) is 0 Å². The summed E-state index contributed by atoms with van der Waals surface area (Å²) in [6, 6.07) is 7.78. The molecule has 0 saturated heterocycles. The second-order valence-electron chi connectivity index (χ2n) is 5.21. The molecule has 1 aromatic rings. The van der Waals surface area contributed by atoms with Gasteiger partial charge in [0.25, 0.3) is 0 Å². The molecule has 2 rings (SSSR count). The Morgan fingerprint density at radius 3 is 2.42 bits per heavy atom. The van der Waals surface area contributed by atoms with Gasteiger partial charge in [-0.1, -0.05) is 6.92 Å². The number of hydrogen-bond donors (Lipinski definition) is 0. The van der Waals surface area contributed by atoms with Gasteiger partial charge in [-0.05, 0) is 56.0 Å². The number of ether oxygens (including phenoxy) is 2. The minimum absolute atomic E-state index is 0.785. The molecule has 1 saturated carbocycles. The van der Waals surface area contributed by atoms with E-state index in [1.165, 1.54) is 19.4 Å². The third kappa shape index (κ3) is 5.11. The first-order valence-electron chi connectivity index (χ1n) is 7.31. The molecule has 106 valence electrons. The fraction of sp³-hybridized carbons (Fsp3) is 0.625. The summed E-state index contributed by atoms with van der Waals surface area (Å²) in [6.45, 7) is 6.60. The van der Waals surface area contributed by atoms with Crippen molar-refractivity contribution in [3.8, 4) is 11.5 Å². The van der Waals surface area contributed by atoms with E-state index in [0.29, 0.717) is 0 Å². The van der Waals surface area contributed by atoms with Crippen molar-refractivity contribution in [2.45, 2.75) is 26.2 Å². The average Bonchev–Trinajstić information content (AvgIpc) is 3.27. The predicted octanol–water partition coefficient (Wildman–Crippen LogP) is 3.20. The normalized spacial score (nSPS) is 14.7. The molecule has 0 amide bonds. The smallest absolute Gasteiger partial charge is 0.119 e. The van der Waals surface area contributed by atoms with Crippen LogP contribution in [-0.4, -0.2) is 38.3 Å². The summed E-state index contributed by atoms with van der Waals surface area (Å²) in [5.74, 6) is 2.77. The zero-order chi connectivity index (χ0) is 13.5. The van der Waals surface area contributed by atoms with Crippen LogP contribution in [0.5, 0.6) is 11.5 Å². The molecule has 0 aliphatic heterocycles. The molecule has 1 aromatic carbocycles. The van der Waals surface area contributed by atoms with Gasteiger partial charge in [-0.25, -0.2) is 0 Å². The standard InChI is InChI=1S/C16H25NO2/c1-3-17(13-14-5-6-14)11-4-12-19-16-9-7-15(18-2)8-10-16/h7-10,14H,3-6,11-13H2,1-2H3. The first-order chi connectivity index (χ1) is 9.31. The van der Waals surface area contributed by atoms with E-state index in [0.717, 1.165) is 43.5 Å². The number of benzene rings is 1. The first-order valence-corrected chi connectivity index (χ1v) is 7.31. The summed E-state index contributed by atoms with van der Waals surface area (Å²) in [4.78, 5) is 2.54. The summed E-state index contributed by atoms with van der Waals surface area (Å²) in [5.41, 5.74) is 0. The van der Waals surface area contributed by atoms with Crippen molar-refractivity contribution in [3.05, 3.63) is 24.3 Å². The highest BCUT2D eigenvalue weighted by atomic mass is 16.5. The Kier molecular flexibility index (Phi) is 5.52. The van der Waals surface area contributed by atoms with Crippen molar-refractivity contribution in [1.82, 2.24) is 4.90 Å². The summed E-state index contributed by atoms with van der Waals surface area (Å²) in [5, 5.41) is 0. The van der Waals surface area contributed by atoms with Crippen LogP contribution in [0.2, 0.25) is 0 Å². The van der Waals surface area contributed by atoms with Gasteiger partial charge in [0, 0.05) is 13.1 Å². The van der Waals surface area contributed by atoms with E-state index in [1.54, 1.807) is 7.11 Å². The molecule has 0 radical (unpaired) electrons. The summed E-state index contributed by atoms with van der Waals surface area (Å²) >= 11 is 0. The average molecular weight is 263 g/mol. The van der Waals surface area contributed by atoms with E-state index >= 15 is 0 Å². The molecule has 19 heavy (non-hydrogen) atoms. The Hall–Kier alpha value is -1.22. The maximum atomic E-state index is 5.74. The molecule has 1 aliphatic carbocycles. The molecule has 1 aliphatic rings. The third-order valence-corrected chi connectivity index (χ3v) is 3.61. The van der Waals surface area contributed by atoms with E-state index in [4.69, 9.17) is 9.47 Å². The van der Waals surface area contributed by atoms with Crippen LogP contribution < -0.4 is 9.47 Å². The van der Waals surface area contributed by atoms with Gasteiger partial charge < -0.3 is 14.4 Å². The molecule has 0 N–H and O–H groups in total. The van der Waals surface area contributed by atoms with Gasteiger partial charge in [0.1, 0.15) is 11.5 Å². The van der Waals surface area contributed by atoms with Crippen molar-refractivity contribution in [1.29, 1.82) is 0 Å². The Balaban J connectivity index is 1.61. The second-order valence-corrected chi connectivity index (χ2v) is 5.21. The molecule has 0 spiro atoms.